The molecular weight excluding hydrogens is 476 g/mol. The van der Waals surface area contributed by atoms with E-state index in [9.17, 15) is 23.1 Å². The Morgan fingerprint density at radius 2 is 1.69 bits per heavy atom. The number of nitrogens with two attached hydrogens (primary N) is 1. The van der Waals surface area contributed by atoms with Crippen molar-refractivity contribution in [1.29, 1.82) is 0 Å². The Morgan fingerprint density at radius 1 is 1.00 bits per heavy atom. The minimum Gasteiger partial charge on any atom is -0.507 e. The van der Waals surface area contributed by atoms with Gasteiger partial charge in [-0.1, -0.05) is 0 Å². The van der Waals surface area contributed by atoms with Crippen LogP contribution in [0.25, 0.3) is 5.76 Å². The van der Waals surface area contributed by atoms with Crippen molar-refractivity contribution in [2.45, 2.75) is 17.9 Å². The number of ether oxygens (including phenoxy) is 2. The third-order valence-electron chi connectivity index (χ3n) is 5.73. The zero-order chi connectivity index (χ0) is 24.9. The van der Waals surface area contributed by atoms with E-state index in [-0.39, 0.29) is 27.5 Å². The monoisotopic (exact) mass is 496 g/mol. The highest BCUT2D eigenvalue weighted by atomic mass is 32.2. The summed E-state index contributed by atoms with van der Waals surface area (Å²) in [4.78, 5) is 27.3. The molecule has 2 aliphatic heterocycles. The second kappa shape index (κ2) is 8.29. The number of fused-ring (bicyclic) bond motifs is 1. The number of carbonyl (C=O) groups is 2. The first-order chi connectivity index (χ1) is 16.6. The van der Waals surface area contributed by atoms with Crippen molar-refractivity contribution < 1.29 is 37.0 Å². The van der Waals surface area contributed by atoms with Gasteiger partial charge in [0.25, 0.3) is 11.7 Å². The Balaban J connectivity index is 1.66. The van der Waals surface area contributed by atoms with Crippen LogP contribution in [-0.2, 0) is 19.6 Å². The van der Waals surface area contributed by atoms with Crippen LogP contribution in [0.5, 0.6) is 11.5 Å². The Hall–Kier alpha value is -4.09. The molecule has 0 saturated carbocycles. The number of hydrogen-bond donors (Lipinski definition) is 2. The third-order valence-corrected chi connectivity index (χ3v) is 6.66. The van der Waals surface area contributed by atoms with Crippen molar-refractivity contribution in [2.24, 2.45) is 5.14 Å². The number of ketones is 1. The molecule has 1 amide bonds. The molecular formula is C24H20N2O8S. The van der Waals surface area contributed by atoms with Gasteiger partial charge in [0, 0.05) is 11.3 Å². The van der Waals surface area contributed by atoms with E-state index in [0.717, 1.165) is 4.90 Å². The van der Waals surface area contributed by atoms with E-state index >= 15 is 0 Å². The van der Waals surface area contributed by atoms with Gasteiger partial charge in [0.2, 0.25) is 10.0 Å². The highest BCUT2D eigenvalue weighted by molar-refractivity contribution is 7.89. The molecule has 180 valence electrons. The van der Waals surface area contributed by atoms with E-state index in [1.807, 2.05) is 0 Å². The first-order valence-corrected chi connectivity index (χ1v) is 12.1. The van der Waals surface area contributed by atoms with E-state index in [0.29, 0.717) is 30.5 Å². The number of carbonyl (C=O) groups excluding carboxylic acids is 2. The summed E-state index contributed by atoms with van der Waals surface area (Å²) in [5.41, 5.74) is 0.293. The topological polar surface area (TPSA) is 149 Å². The molecule has 2 aliphatic rings. The minimum absolute atomic E-state index is 0.153. The maximum absolute atomic E-state index is 13.2. The van der Waals surface area contributed by atoms with Crippen LogP contribution in [0.2, 0.25) is 0 Å². The Bertz CT molecular complexity index is 1490. The van der Waals surface area contributed by atoms with Gasteiger partial charge >= 0.3 is 0 Å². The van der Waals surface area contributed by atoms with Crippen molar-refractivity contribution in [3.05, 3.63) is 77.3 Å². The lowest BCUT2D eigenvalue weighted by Crippen LogP contribution is -2.29. The maximum Gasteiger partial charge on any atom is 0.300 e. The van der Waals surface area contributed by atoms with Gasteiger partial charge < -0.3 is 19.0 Å². The van der Waals surface area contributed by atoms with Crippen LogP contribution < -0.4 is 19.5 Å². The average Bonchev–Trinajstić information content (AvgIpc) is 3.38. The van der Waals surface area contributed by atoms with Crippen molar-refractivity contribution in [1.82, 2.24) is 0 Å². The second-order valence-electron chi connectivity index (χ2n) is 8.01. The summed E-state index contributed by atoms with van der Waals surface area (Å²) in [5.74, 6) is -0.563. The number of aliphatic hydroxyl groups excluding tert-OH is 1. The minimum atomic E-state index is -3.96. The van der Waals surface area contributed by atoms with Gasteiger partial charge in [-0.05, 0) is 61.5 Å². The smallest absolute Gasteiger partial charge is 0.300 e. The lowest BCUT2D eigenvalue weighted by Gasteiger charge is -2.24. The highest BCUT2D eigenvalue weighted by Gasteiger charge is 2.48. The SMILES string of the molecule is Cc1ccc(C2/C(=C(/O)c3ccc4c(c3)OCCO4)C(=O)C(=O)N2c2ccc(S(N)(=O)=O)cc2)o1. The fourth-order valence-corrected chi connectivity index (χ4v) is 4.63. The van der Waals surface area contributed by atoms with Crippen molar-refractivity contribution >= 4 is 33.2 Å². The van der Waals surface area contributed by atoms with Gasteiger partial charge in [0.05, 0.1) is 10.5 Å². The molecule has 2 aromatic carbocycles. The van der Waals surface area contributed by atoms with Gasteiger partial charge in [0.1, 0.15) is 36.5 Å². The number of nitrogens with zero attached hydrogens (tertiary/aromatic N) is 1. The van der Waals surface area contributed by atoms with Crippen molar-refractivity contribution in [3.8, 4) is 11.5 Å². The fraction of sp³-hybridized carbons (Fsp3) is 0.167. The fourth-order valence-electron chi connectivity index (χ4n) is 4.11. The molecule has 0 spiro atoms. The largest absolute Gasteiger partial charge is 0.507 e. The molecule has 1 atom stereocenters. The summed E-state index contributed by atoms with van der Waals surface area (Å²) in [6.45, 7) is 2.44. The molecule has 1 saturated heterocycles. The number of hydrogen-bond acceptors (Lipinski definition) is 8. The number of amides is 1. The van der Waals surface area contributed by atoms with Gasteiger partial charge in [-0.15, -0.1) is 0 Å². The first kappa shape index (κ1) is 22.7. The van der Waals surface area contributed by atoms with Gasteiger partial charge in [-0.2, -0.15) is 0 Å². The molecule has 3 aromatic rings. The van der Waals surface area contributed by atoms with Gasteiger partial charge in [0.15, 0.2) is 11.5 Å². The molecule has 1 fully saturated rings. The quantitative estimate of drug-likeness (QED) is 0.318. The molecule has 11 heteroatoms. The second-order valence-corrected chi connectivity index (χ2v) is 9.58. The number of aryl methyl sites for hydroxylation is 1. The summed E-state index contributed by atoms with van der Waals surface area (Å²) in [5, 5.41) is 16.4. The van der Waals surface area contributed by atoms with Crippen LogP contribution in [0.4, 0.5) is 5.69 Å². The van der Waals surface area contributed by atoms with Gasteiger partial charge in [-0.25, -0.2) is 13.6 Å². The first-order valence-electron chi connectivity index (χ1n) is 10.6. The molecule has 0 aliphatic carbocycles. The molecule has 0 bridgehead atoms. The van der Waals surface area contributed by atoms with Gasteiger partial charge in [-0.3, -0.25) is 14.5 Å². The standard InChI is InChI=1S/C24H20N2O8S/c1-13-2-8-18(34-13)21-20(22(27)14-3-9-17-19(12-14)33-11-10-32-17)23(28)24(29)26(21)15-4-6-16(7-5-15)35(25,30)31/h2-9,12,21,27H,10-11H2,1H3,(H2,25,30,31)/b22-20-. The summed E-state index contributed by atoms with van der Waals surface area (Å²) in [6, 6.07) is 12.1. The zero-order valence-electron chi connectivity index (χ0n) is 18.4. The lowest BCUT2D eigenvalue weighted by atomic mass is 9.99. The van der Waals surface area contributed by atoms with Crippen LogP contribution in [-0.4, -0.2) is 38.4 Å². The number of sulfonamides is 1. The number of rotatable bonds is 4. The predicted molar refractivity (Wildman–Crippen MR) is 123 cm³/mol. The Labute approximate surface area is 200 Å². The van der Waals surface area contributed by atoms with Crippen LogP contribution >= 0.6 is 0 Å². The highest BCUT2D eigenvalue weighted by Crippen LogP contribution is 2.43. The van der Waals surface area contributed by atoms with E-state index in [1.54, 1.807) is 31.2 Å². The molecule has 1 unspecified atom stereocenters. The molecule has 5 rings (SSSR count). The molecule has 35 heavy (non-hydrogen) atoms. The predicted octanol–water partition coefficient (Wildman–Crippen LogP) is 2.63. The summed E-state index contributed by atoms with van der Waals surface area (Å²) in [7, 11) is -3.96. The number of benzene rings is 2. The molecule has 3 heterocycles. The van der Waals surface area contributed by atoms with Crippen molar-refractivity contribution in [2.75, 3.05) is 18.1 Å². The van der Waals surface area contributed by atoms with Crippen LogP contribution in [0.3, 0.4) is 0 Å². The Morgan fingerprint density at radius 3 is 2.31 bits per heavy atom. The molecule has 1 aromatic heterocycles. The maximum atomic E-state index is 13.2. The van der Waals surface area contributed by atoms with E-state index in [1.165, 1.54) is 30.3 Å². The van der Waals surface area contributed by atoms with Crippen LogP contribution in [0.1, 0.15) is 23.1 Å². The molecule has 3 N–H and O–H groups in total. The molecule has 0 radical (unpaired) electrons. The molecule has 10 nitrogen and oxygen atoms in total. The Kier molecular flexibility index (Phi) is 5.37. The van der Waals surface area contributed by atoms with E-state index in [4.69, 9.17) is 19.0 Å². The number of primary sulfonamides is 1. The zero-order valence-corrected chi connectivity index (χ0v) is 19.2. The summed E-state index contributed by atoms with van der Waals surface area (Å²) < 4.78 is 40.1. The lowest BCUT2D eigenvalue weighted by molar-refractivity contribution is -0.132. The number of aliphatic hydroxyl groups is 1. The third kappa shape index (κ3) is 3.94. The van der Waals surface area contributed by atoms with Crippen LogP contribution in [0, 0.1) is 6.92 Å². The summed E-state index contributed by atoms with van der Waals surface area (Å²) in [6.07, 6.45) is 0. The van der Waals surface area contributed by atoms with Crippen molar-refractivity contribution in [3.63, 3.8) is 0 Å². The van der Waals surface area contributed by atoms with E-state index < -0.39 is 33.5 Å². The van der Waals surface area contributed by atoms with E-state index in [2.05, 4.69) is 0 Å². The average molecular weight is 496 g/mol. The summed E-state index contributed by atoms with van der Waals surface area (Å²) >= 11 is 0. The van der Waals surface area contributed by atoms with Crippen LogP contribution in [0.15, 0.2) is 69.5 Å². The number of furan rings is 1. The number of anilines is 1. The number of Topliss-reactive ketones (excluding diaryl/α,β-unsaturated/α-hetero) is 1. The normalized spacial score (nSPS) is 19.3.